The van der Waals surface area contributed by atoms with Crippen LogP contribution in [-0.4, -0.2) is 54.2 Å². The number of aliphatic hydroxyl groups is 1. The van der Waals surface area contributed by atoms with Crippen molar-refractivity contribution >= 4 is 11.4 Å². The molecule has 0 amide bonds. The molecule has 0 radical (unpaired) electrons. The molecule has 0 atom stereocenters. The van der Waals surface area contributed by atoms with Gasteiger partial charge in [0.2, 0.25) is 0 Å². The van der Waals surface area contributed by atoms with Gasteiger partial charge in [0.15, 0.2) is 0 Å². The second-order valence-electron chi connectivity index (χ2n) is 8.29. The molecule has 0 unspecified atom stereocenters. The molecule has 3 aromatic carbocycles. The molecule has 4 N–H and O–H groups in total. The maximum atomic E-state index is 13.3. The van der Waals surface area contributed by atoms with Crippen molar-refractivity contribution in [3.8, 4) is 11.1 Å². The van der Waals surface area contributed by atoms with E-state index in [4.69, 9.17) is 10.8 Å². The third kappa shape index (κ3) is 5.65. The van der Waals surface area contributed by atoms with Crippen molar-refractivity contribution < 1.29 is 9.50 Å². The average Bonchev–Trinajstić information content (AvgIpc) is 2.81. The van der Waals surface area contributed by atoms with Crippen LogP contribution in [0.15, 0.2) is 66.7 Å². The van der Waals surface area contributed by atoms with Crippen LogP contribution in [0.3, 0.4) is 0 Å². The summed E-state index contributed by atoms with van der Waals surface area (Å²) >= 11 is 0. The van der Waals surface area contributed by atoms with Gasteiger partial charge >= 0.3 is 0 Å². The largest absolute Gasteiger partial charge is 0.397 e. The first-order valence-electron chi connectivity index (χ1n) is 11.1. The highest BCUT2D eigenvalue weighted by molar-refractivity contribution is 5.67. The topological polar surface area (TPSA) is 64.8 Å². The van der Waals surface area contributed by atoms with Crippen molar-refractivity contribution in [2.24, 2.45) is 0 Å². The Labute approximate surface area is 189 Å². The van der Waals surface area contributed by atoms with Crippen LogP contribution in [0.1, 0.15) is 11.1 Å². The molecule has 4 rings (SSSR count). The van der Waals surface area contributed by atoms with Crippen LogP contribution >= 0.6 is 0 Å². The maximum absolute atomic E-state index is 13.3. The Hall–Kier alpha value is -2.93. The van der Waals surface area contributed by atoms with Crippen LogP contribution in [0.5, 0.6) is 0 Å². The molecular weight excluding hydrogens is 403 g/mol. The van der Waals surface area contributed by atoms with E-state index in [1.54, 1.807) is 0 Å². The molecule has 32 heavy (non-hydrogen) atoms. The molecule has 0 aliphatic carbocycles. The van der Waals surface area contributed by atoms with Crippen LogP contribution < -0.4 is 11.1 Å². The van der Waals surface area contributed by atoms with E-state index in [0.29, 0.717) is 12.2 Å². The first-order valence-corrected chi connectivity index (χ1v) is 11.1. The number of piperazine rings is 1. The summed E-state index contributed by atoms with van der Waals surface area (Å²) < 4.78 is 13.3. The molecule has 0 saturated carbocycles. The van der Waals surface area contributed by atoms with Crippen LogP contribution in [0.2, 0.25) is 0 Å². The molecule has 1 fully saturated rings. The minimum Gasteiger partial charge on any atom is -0.397 e. The molecule has 0 spiro atoms. The molecule has 1 aliphatic rings. The highest BCUT2D eigenvalue weighted by Gasteiger charge is 2.18. The van der Waals surface area contributed by atoms with Gasteiger partial charge in [-0.3, -0.25) is 9.80 Å². The van der Waals surface area contributed by atoms with Gasteiger partial charge in [-0.15, -0.1) is 0 Å². The van der Waals surface area contributed by atoms with Gasteiger partial charge in [0.1, 0.15) is 5.82 Å². The molecule has 3 aromatic rings. The predicted molar refractivity (Wildman–Crippen MR) is 129 cm³/mol. The Morgan fingerprint density at radius 2 is 1.56 bits per heavy atom. The lowest BCUT2D eigenvalue weighted by Crippen LogP contribution is -2.45. The van der Waals surface area contributed by atoms with Gasteiger partial charge in [-0.05, 0) is 46.5 Å². The maximum Gasteiger partial charge on any atom is 0.123 e. The quantitative estimate of drug-likeness (QED) is 0.471. The number of aliphatic hydroxyl groups excluding tert-OH is 1. The lowest BCUT2D eigenvalue weighted by atomic mass is 9.99. The SMILES string of the molecule is Nc1cc(CN2CCN(Cc3ccccc3-c3ccc(F)cc3)CC2)ccc1NCCO. The molecule has 1 heterocycles. The molecular formula is C26H31FN4O. The summed E-state index contributed by atoms with van der Waals surface area (Å²) in [6.45, 7) is 6.36. The number of hydrogen-bond donors (Lipinski definition) is 3. The van der Waals surface area contributed by atoms with Gasteiger partial charge in [0, 0.05) is 45.8 Å². The van der Waals surface area contributed by atoms with Gasteiger partial charge in [-0.25, -0.2) is 4.39 Å². The first-order chi connectivity index (χ1) is 15.6. The van der Waals surface area contributed by atoms with E-state index in [1.807, 2.05) is 30.3 Å². The summed E-state index contributed by atoms with van der Waals surface area (Å²) in [5.74, 6) is -0.208. The Balaban J connectivity index is 1.33. The van der Waals surface area contributed by atoms with E-state index in [9.17, 15) is 4.39 Å². The summed E-state index contributed by atoms with van der Waals surface area (Å²) in [6.07, 6.45) is 0. The van der Waals surface area contributed by atoms with Gasteiger partial charge in [0.05, 0.1) is 18.0 Å². The van der Waals surface area contributed by atoms with Crippen LogP contribution in [0.4, 0.5) is 15.8 Å². The molecule has 168 valence electrons. The number of halogens is 1. The van der Waals surface area contributed by atoms with E-state index in [-0.39, 0.29) is 12.4 Å². The number of rotatable bonds is 8. The Bertz CT molecular complexity index is 1020. The lowest BCUT2D eigenvalue weighted by molar-refractivity contribution is 0.122. The van der Waals surface area contributed by atoms with Crippen LogP contribution in [-0.2, 0) is 13.1 Å². The van der Waals surface area contributed by atoms with Gasteiger partial charge < -0.3 is 16.2 Å². The zero-order valence-corrected chi connectivity index (χ0v) is 18.3. The standard InChI is InChI=1S/C26H31FN4O/c27-23-8-6-21(7-9-23)24-4-2-1-3-22(24)19-31-14-12-30(13-15-31)18-20-5-10-26(25(28)17-20)29-11-16-32/h1-10,17,29,32H,11-16,18-19,28H2. The number of hydrogen-bond acceptors (Lipinski definition) is 5. The molecule has 1 saturated heterocycles. The van der Waals surface area contributed by atoms with Crippen LogP contribution in [0, 0.1) is 5.82 Å². The number of nitrogen functional groups attached to an aromatic ring is 1. The molecule has 1 aliphatic heterocycles. The van der Waals surface area contributed by atoms with Crippen molar-refractivity contribution in [3.05, 3.63) is 83.7 Å². The van der Waals surface area contributed by atoms with Crippen molar-refractivity contribution in [2.45, 2.75) is 13.1 Å². The van der Waals surface area contributed by atoms with E-state index >= 15 is 0 Å². The molecule has 5 nitrogen and oxygen atoms in total. The third-order valence-electron chi connectivity index (χ3n) is 5.98. The smallest absolute Gasteiger partial charge is 0.123 e. The van der Waals surface area contributed by atoms with Crippen molar-refractivity contribution in [3.63, 3.8) is 0 Å². The van der Waals surface area contributed by atoms with Gasteiger partial charge in [0.25, 0.3) is 0 Å². The fourth-order valence-electron chi connectivity index (χ4n) is 4.24. The number of nitrogens with one attached hydrogen (secondary N) is 1. The Morgan fingerprint density at radius 3 is 2.25 bits per heavy atom. The average molecular weight is 435 g/mol. The van der Waals surface area contributed by atoms with Crippen molar-refractivity contribution in [1.29, 1.82) is 0 Å². The van der Waals surface area contributed by atoms with Crippen molar-refractivity contribution in [1.82, 2.24) is 9.80 Å². The highest BCUT2D eigenvalue weighted by Crippen LogP contribution is 2.26. The monoisotopic (exact) mass is 434 g/mol. The summed E-state index contributed by atoms with van der Waals surface area (Å²) in [6, 6.07) is 21.2. The first kappa shape index (κ1) is 22.3. The van der Waals surface area contributed by atoms with Gasteiger partial charge in [-0.1, -0.05) is 42.5 Å². The zero-order chi connectivity index (χ0) is 22.3. The number of nitrogens with zero attached hydrogens (tertiary/aromatic N) is 2. The Kier molecular flexibility index (Phi) is 7.37. The third-order valence-corrected chi connectivity index (χ3v) is 5.98. The zero-order valence-electron chi connectivity index (χ0n) is 18.3. The molecule has 0 aromatic heterocycles. The highest BCUT2D eigenvalue weighted by atomic mass is 19.1. The van der Waals surface area contributed by atoms with E-state index in [1.165, 1.54) is 28.8 Å². The minimum absolute atomic E-state index is 0.0832. The second-order valence-corrected chi connectivity index (χ2v) is 8.29. The number of nitrogens with two attached hydrogens (primary N) is 1. The van der Waals surface area contributed by atoms with Gasteiger partial charge in [-0.2, -0.15) is 0 Å². The second kappa shape index (κ2) is 10.6. The summed E-state index contributed by atoms with van der Waals surface area (Å²) in [5, 5.41) is 12.1. The number of anilines is 2. The normalized spacial score (nSPS) is 15.1. The predicted octanol–water partition coefficient (Wildman–Crippen LogP) is 3.80. The van der Waals surface area contributed by atoms with Crippen LogP contribution in [0.25, 0.3) is 11.1 Å². The molecule has 6 heteroatoms. The Morgan fingerprint density at radius 1 is 0.875 bits per heavy atom. The van der Waals surface area contributed by atoms with E-state index in [0.717, 1.165) is 50.5 Å². The summed E-state index contributed by atoms with van der Waals surface area (Å²) in [5.41, 5.74) is 12.4. The number of benzene rings is 3. The summed E-state index contributed by atoms with van der Waals surface area (Å²) in [7, 11) is 0. The fraction of sp³-hybridized carbons (Fsp3) is 0.308. The minimum atomic E-state index is -0.208. The van der Waals surface area contributed by atoms with E-state index in [2.05, 4.69) is 39.4 Å². The van der Waals surface area contributed by atoms with E-state index < -0.39 is 0 Å². The lowest BCUT2D eigenvalue weighted by Gasteiger charge is -2.35. The summed E-state index contributed by atoms with van der Waals surface area (Å²) in [4.78, 5) is 4.94. The fourth-order valence-corrected chi connectivity index (χ4v) is 4.24. The van der Waals surface area contributed by atoms with Crippen molar-refractivity contribution in [2.75, 3.05) is 50.4 Å². The molecule has 0 bridgehead atoms.